The summed E-state index contributed by atoms with van der Waals surface area (Å²) >= 11 is 0. The molecule has 0 radical (unpaired) electrons. The molecule has 0 spiro atoms. The van der Waals surface area contributed by atoms with Gasteiger partial charge < -0.3 is 14.6 Å². The minimum Gasteiger partial charge on any atom is -0.393 e. The lowest BCUT2D eigenvalue weighted by Crippen LogP contribution is -2.66. The third-order valence-electron chi connectivity index (χ3n) is 14.6. The van der Waals surface area contributed by atoms with E-state index in [1.165, 1.54) is 64.7 Å². The Kier molecular flexibility index (Phi) is 7.90. The Hall–Kier alpha value is -0.940. The van der Waals surface area contributed by atoms with Crippen LogP contribution in [0.5, 0.6) is 0 Å². The Balaban J connectivity index is 1.40. The number of hydrogen-bond acceptors (Lipinski definition) is 5. The van der Waals surface area contributed by atoms with Crippen LogP contribution < -0.4 is 0 Å². The van der Waals surface area contributed by atoms with Gasteiger partial charge in [0, 0.05) is 6.92 Å². The fraction of sp³-hybridized carbons (Fsp3) is 0.943. The zero-order chi connectivity index (χ0) is 29.3. The van der Waals surface area contributed by atoms with E-state index in [1.54, 1.807) is 0 Å². The number of rotatable bonds is 6. The monoisotopic (exact) mass is 558 g/mol. The summed E-state index contributed by atoms with van der Waals surface area (Å²) in [5.41, 5.74) is 1.15. The summed E-state index contributed by atoms with van der Waals surface area (Å²) < 4.78 is 11.0. The Labute approximate surface area is 243 Å². The number of aliphatic hydroxyl groups is 1. The van der Waals surface area contributed by atoms with Gasteiger partial charge in [0.15, 0.2) is 0 Å². The van der Waals surface area contributed by atoms with Gasteiger partial charge in [0.25, 0.3) is 0 Å². The summed E-state index contributed by atoms with van der Waals surface area (Å²) in [4.78, 5) is 23.0. The van der Waals surface area contributed by atoms with Crippen LogP contribution in [0.15, 0.2) is 0 Å². The Morgan fingerprint density at radius 2 is 1.57 bits per heavy atom. The smallest absolute Gasteiger partial charge is 0.315 e. The first-order valence-electron chi connectivity index (χ1n) is 16.6. The molecule has 5 nitrogen and oxygen atoms in total. The van der Waals surface area contributed by atoms with Gasteiger partial charge in [-0.15, -0.1) is 0 Å². The van der Waals surface area contributed by atoms with Gasteiger partial charge in [-0.2, -0.15) is 0 Å². The summed E-state index contributed by atoms with van der Waals surface area (Å²) in [5, 5.41) is 11.0. The number of ether oxygens (including phenoxy) is 2. The first-order chi connectivity index (χ1) is 18.6. The van der Waals surface area contributed by atoms with Crippen LogP contribution in [0, 0.1) is 62.6 Å². The Morgan fingerprint density at radius 1 is 0.850 bits per heavy atom. The molecule has 5 heteroatoms. The highest BCUT2D eigenvalue weighted by molar-refractivity contribution is 5.84. The molecule has 40 heavy (non-hydrogen) atoms. The van der Waals surface area contributed by atoms with E-state index in [2.05, 4.69) is 48.5 Å². The number of carbonyl (C=O) groups excluding carboxylic acids is 2. The van der Waals surface area contributed by atoms with Crippen molar-refractivity contribution in [3.63, 3.8) is 0 Å². The fourth-order valence-electron chi connectivity index (χ4n) is 12.4. The molecule has 5 aliphatic carbocycles. The molecule has 0 aliphatic heterocycles. The van der Waals surface area contributed by atoms with Crippen LogP contribution in [-0.2, 0) is 19.1 Å². The van der Waals surface area contributed by atoms with Crippen molar-refractivity contribution in [2.24, 2.45) is 62.6 Å². The normalized spacial score (nSPS) is 47.5. The molecule has 0 aromatic heterocycles. The van der Waals surface area contributed by atoms with Crippen molar-refractivity contribution in [3.05, 3.63) is 0 Å². The predicted octanol–water partition coefficient (Wildman–Crippen LogP) is 7.58. The molecule has 228 valence electrons. The van der Waals surface area contributed by atoms with Crippen LogP contribution in [-0.4, -0.2) is 36.4 Å². The zero-order valence-electron chi connectivity index (χ0n) is 26.8. The minimum absolute atomic E-state index is 0.00380. The number of hydrogen-bond donors (Lipinski definition) is 1. The summed E-state index contributed by atoms with van der Waals surface area (Å²) in [6.45, 7) is 19.9. The van der Waals surface area contributed by atoms with Crippen LogP contribution in [0.25, 0.3) is 0 Å². The second kappa shape index (κ2) is 10.4. The second-order valence-corrected chi connectivity index (χ2v) is 16.6. The molecule has 1 N–H and O–H groups in total. The second-order valence-electron chi connectivity index (χ2n) is 16.6. The first kappa shape index (κ1) is 30.5. The summed E-state index contributed by atoms with van der Waals surface area (Å²) in [7, 11) is 0. The van der Waals surface area contributed by atoms with Gasteiger partial charge in [0.1, 0.15) is 0 Å². The van der Waals surface area contributed by atoms with E-state index >= 15 is 0 Å². The van der Waals surface area contributed by atoms with Crippen molar-refractivity contribution in [2.45, 2.75) is 132 Å². The summed E-state index contributed by atoms with van der Waals surface area (Å²) in [5.74, 6) is 3.06. The van der Waals surface area contributed by atoms with Crippen molar-refractivity contribution >= 4 is 11.9 Å². The molecule has 0 amide bonds. The van der Waals surface area contributed by atoms with Gasteiger partial charge in [-0.05, 0) is 127 Å². The lowest BCUT2D eigenvalue weighted by molar-refractivity contribution is -0.251. The van der Waals surface area contributed by atoms with E-state index in [4.69, 9.17) is 9.47 Å². The highest BCUT2D eigenvalue weighted by Crippen LogP contribution is 2.77. The molecule has 0 aromatic carbocycles. The lowest BCUT2D eigenvalue weighted by atomic mass is 9.32. The molecule has 5 aliphatic rings. The van der Waals surface area contributed by atoms with Gasteiger partial charge in [-0.1, -0.05) is 48.5 Å². The maximum atomic E-state index is 11.9. The van der Waals surface area contributed by atoms with Gasteiger partial charge in [-0.25, -0.2) is 0 Å². The SMILES string of the molecule is CC(=O)OC(=O)CCOC[C@]12CC[C@@H](C(C)C)[C@@H]1[C@H]1CC[C@@H]3[C@@]4(C)CC[C@H](O)C(C)(C)[C@@H]4CC[C@@]3(C)[C@]1(C)CC2. The third-order valence-corrected chi connectivity index (χ3v) is 14.6. The highest BCUT2D eigenvalue weighted by Gasteiger charge is 2.70. The molecule has 0 unspecified atom stereocenters. The van der Waals surface area contributed by atoms with E-state index in [9.17, 15) is 14.7 Å². The zero-order valence-corrected chi connectivity index (χ0v) is 26.8. The average molecular weight is 559 g/mol. The molecule has 0 aromatic rings. The predicted molar refractivity (Wildman–Crippen MR) is 157 cm³/mol. The van der Waals surface area contributed by atoms with Crippen LogP contribution >= 0.6 is 0 Å². The van der Waals surface area contributed by atoms with E-state index in [-0.39, 0.29) is 23.4 Å². The van der Waals surface area contributed by atoms with E-state index in [1.807, 2.05) is 0 Å². The van der Waals surface area contributed by atoms with E-state index in [0.29, 0.717) is 46.5 Å². The molecular weight excluding hydrogens is 500 g/mol. The number of esters is 2. The van der Waals surface area contributed by atoms with Gasteiger partial charge in [-0.3, -0.25) is 9.59 Å². The van der Waals surface area contributed by atoms with Crippen molar-refractivity contribution in [3.8, 4) is 0 Å². The van der Waals surface area contributed by atoms with Crippen molar-refractivity contribution in [1.29, 1.82) is 0 Å². The molecule has 5 rings (SSSR count). The third kappa shape index (κ3) is 4.45. The van der Waals surface area contributed by atoms with Crippen molar-refractivity contribution in [2.75, 3.05) is 13.2 Å². The molecule has 0 heterocycles. The van der Waals surface area contributed by atoms with Crippen LogP contribution in [0.1, 0.15) is 126 Å². The fourth-order valence-corrected chi connectivity index (χ4v) is 12.4. The maximum absolute atomic E-state index is 11.9. The summed E-state index contributed by atoms with van der Waals surface area (Å²) in [6.07, 6.45) is 12.3. The molecule has 5 saturated carbocycles. The quantitative estimate of drug-likeness (QED) is 0.207. The minimum atomic E-state index is -0.550. The van der Waals surface area contributed by atoms with Crippen molar-refractivity contribution in [1.82, 2.24) is 0 Å². The number of aliphatic hydroxyl groups excluding tert-OH is 1. The maximum Gasteiger partial charge on any atom is 0.315 e. The Bertz CT molecular complexity index is 988. The van der Waals surface area contributed by atoms with Crippen molar-refractivity contribution < 1.29 is 24.2 Å². The molecule has 5 fully saturated rings. The molecule has 0 bridgehead atoms. The van der Waals surface area contributed by atoms with Crippen LogP contribution in [0.2, 0.25) is 0 Å². The number of carbonyl (C=O) groups is 2. The molecular formula is C35H58O5. The van der Waals surface area contributed by atoms with Crippen LogP contribution in [0.4, 0.5) is 0 Å². The topological polar surface area (TPSA) is 72.8 Å². The summed E-state index contributed by atoms with van der Waals surface area (Å²) in [6, 6.07) is 0. The Morgan fingerprint density at radius 3 is 2.25 bits per heavy atom. The van der Waals surface area contributed by atoms with Gasteiger partial charge in [0.2, 0.25) is 0 Å². The molecule has 0 saturated heterocycles. The van der Waals surface area contributed by atoms with E-state index in [0.717, 1.165) is 24.9 Å². The molecule has 10 atom stereocenters. The van der Waals surface area contributed by atoms with E-state index < -0.39 is 11.9 Å². The lowest BCUT2D eigenvalue weighted by Gasteiger charge is -2.73. The van der Waals surface area contributed by atoms with Gasteiger partial charge in [0.05, 0.1) is 25.7 Å². The number of fused-ring (bicyclic) bond motifs is 7. The van der Waals surface area contributed by atoms with Crippen LogP contribution in [0.3, 0.4) is 0 Å². The standard InChI is InChI=1S/C35H58O5/c1-22(2)24-11-17-35(21-39-20-14-29(38)40-23(3)36)19-18-33(7)25(30(24)35)9-10-27-32(6)15-13-28(37)31(4,5)26(32)12-16-34(27,33)8/h22,24-28,30,37H,9-21H2,1-8H3/t24-,25+,26-,27+,28-,30+,32-,33+,34+,35+/m0/s1. The van der Waals surface area contributed by atoms with Gasteiger partial charge >= 0.3 is 11.9 Å². The average Bonchev–Trinajstić information content (AvgIpc) is 3.25. The highest BCUT2D eigenvalue weighted by atomic mass is 16.6. The largest absolute Gasteiger partial charge is 0.393 e. The first-order valence-corrected chi connectivity index (χ1v) is 16.6.